The van der Waals surface area contributed by atoms with Gasteiger partial charge in [-0.1, -0.05) is 53.0 Å². The Labute approximate surface area is 154 Å². The van der Waals surface area contributed by atoms with Crippen molar-refractivity contribution in [3.05, 3.63) is 30.3 Å². The molecule has 0 unspecified atom stereocenters. The second-order valence-electron chi connectivity index (χ2n) is 5.09. The van der Waals surface area contributed by atoms with E-state index >= 15 is 0 Å². The molecule has 130 valence electrons. The van der Waals surface area contributed by atoms with E-state index in [2.05, 4.69) is 10.4 Å². The van der Waals surface area contributed by atoms with Crippen molar-refractivity contribution >= 4 is 58.2 Å². The standard InChI is InChI=1S/C15H16Cl3N3O3/c1-3-24-14(23)19-12(15(16,17)18)11-9(2)20-21(13(11)22)10-7-5-4-6-8-10/h4-8,11-12H,3H2,1-2H3,(H,19,23)/t11-,12+/m0/s1. The molecule has 6 nitrogen and oxygen atoms in total. The maximum absolute atomic E-state index is 12.8. The van der Waals surface area contributed by atoms with Crippen LogP contribution in [0.5, 0.6) is 0 Å². The van der Waals surface area contributed by atoms with E-state index in [1.54, 1.807) is 38.1 Å². The summed E-state index contributed by atoms with van der Waals surface area (Å²) in [5, 5.41) is 7.92. The quantitative estimate of drug-likeness (QED) is 0.797. The number of alkyl carbamates (subject to hydrolysis) is 1. The number of anilines is 1. The van der Waals surface area contributed by atoms with E-state index in [0.29, 0.717) is 11.4 Å². The number of carbonyl (C=O) groups excluding carboxylic acids is 2. The monoisotopic (exact) mass is 391 g/mol. The molecule has 0 saturated carbocycles. The maximum atomic E-state index is 12.8. The molecular weight excluding hydrogens is 377 g/mol. The summed E-state index contributed by atoms with van der Waals surface area (Å²) in [5.41, 5.74) is 1.01. The minimum absolute atomic E-state index is 0.153. The molecule has 1 N–H and O–H groups in total. The van der Waals surface area contributed by atoms with Gasteiger partial charge in [-0.25, -0.2) is 9.80 Å². The third-order valence-corrected chi connectivity index (χ3v) is 4.12. The van der Waals surface area contributed by atoms with Crippen LogP contribution in [0.4, 0.5) is 10.5 Å². The van der Waals surface area contributed by atoms with Crippen molar-refractivity contribution in [2.24, 2.45) is 11.0 Å². The van der Waals surface area contributed by atoms with Crippen LogP contribution in [-0.2, 0) is 9.53 Å². The molecular formula is C15H16Cl3N3O3. The SMILES string of the molecule is CCOC(=O)N[C@H]([C@H]1C(=O)N(c2ccccc2)N=C1C)C(Cl)(Cl)Cl. The summed E-state index contributed by atoms with van der Waals surface area (Å²) in [7, 11) is 0. The Kier molecular flexibility index (Phi) is 5.96. The predicted molar refractivity (Wildman–Crippen MR) is 94.8 cm³/mol. The van der Waals surface area contributed by atoms with Gasteiger partial charge in [0.05, 0.1) is 24.0 Å². The van der Waals surface area contributed by atoms with E-state index in [-0.39, 0.29) is 6.61 Å². The van der Waals surface area contributed by atoms with E-state index in [9.17, 15) is 9.59 Å². The van der Waals surface area contributed by atoms with Gasteiger partial charge in [0, 0.05) is 0 Å². The predicted octanol–water partition coefficient (Wildman–Crippen LogP) is 3.51. The molecule has 0 fully saturated rings. The number of nitrogens with zero attached hydrogens (tertiary/aromatic N) is 2. The molecule has 0 saturated heterocycles. The Morgan fingerprint density at radius 3 is 2.54 bits per heavy atom. The number of para-hydroxylation sites is 1. The van der Waals surface area contributed by atoms with Gasteiger partial charge in [-0.2, -0.15) is 5.10 Å². The number of rotatable bonds is 4. The topological polar surface area (TPSA) is 71.0 Å². The number of nitrogens with one attached hydrogen (secondary N) is 1. The lowest BCUT2D eigenvalue weighted by atomic mass is 9.96. The first-order chi connectivity index (χ1) is 11.3. The highest BCUT2D eigenvalue weighted by Gasteiger charge is 2.49. The van der Waals surface area contributed by atoms with Crippen LogP contribution >= 0.6 is 34.8 Å². The molecule has 1 aromatic carbocycles. The first-order valence-electron chi connectivity index (χ1n) is 7.19. The average Bonchev–Trinajstić information content (AvgIpc) is 2.80. The fourth-order valence-corrected chi connectivity index (χ4v) is 2.91. The zero-order valence-corrected chi connectivity index (χ0v) is 15.3. The van der Waals surface area contributed by atoms with Gasteiger partial charge >= 0.3 is 6.09 Å². The Morgan fingerprint density at radius 2 is 2.00 bits per heavy atom. The highest BCUT2D eigenvalue weighted by molar-refractivity contribution is 6.68. The summed E-state index contributed by atoms with van der Waals surface area (Å²) in [6, 6.07) is 7.74. The van der Waals surface area contributed by atoms with Crippen molar-refractivity contribution in [2.45, 2.75) is 23.7 Å². The molecule has 1 aliphatic heterocycles. The lowest BCUT2D eigenvalue weighted by Gasteiger charge is -2.29. The molecule has 2 rings (SSSR count). The Morgan fingerprint density at radius 1 is 1.38 bits per heavy atom. The Hall–Kier alpha value is -1.50. The van der Waals surface area contributed by atoms with E-state index in [1.165, 1.54) is 5.01 Å². The third-order valence-electron chi connectivity index (χ3n) is 3.42. The van der Waals surface area contributed by atoms with Crippen LogP contribution in [0.3, 0.4) is 0 Å². The maximum Gasteiger partial charge on any atom is 0.407 e. The molecule has 0 spiro atoms. The minimum atomic E-state index is -1.92. The fourth-order valence-electron chi connectivity index (χ4n) is 2.37. The van der Waals surface area contributed by atoms with Gasteiger partial charge in [0.15, 0.2) is 0 Å². The Balaban J connectivity index is 2.29. The average molecular weight is 393 g/mol. The molecule has 0 radical (unpaired) electrons. The lowest BCUT2D eigenvalue weighted by molar-refractivity contribution is -0.120. The van der Waals surface area contributed by atoms with E-state index in [1.807, 2.05) is 6.07 Å². The van der Waals surface area contributed by atoms with Gasteiger partial charge in [0.25, 0.3) is 5.91 Å². The lowest BCUT2D eigenvalue weighted by Crippen LogP contribution is -2.53. The number of ether oxygens (including phenoxy) is 1. The smallest absolute Gasteiger partial charge is 0.407 e. The minimum Gasteiger partial charge on any atom is -0.450 e. The van der Waals surface area contributed by atoms with Crippen LogP contribution < -0.4 is 10.3 Å². The molecule has 1 aromatic rings. The third kappa shape index (κ3) is 4.12. The zero-order valence-electron chi connectivity index (χ0n) is 13.0. The van der Waals surface area contributed by atoms with Crippen LogP contribution in [0, 0.1) is 5.92 Å². The van der Waals surface area contributed by atoms with Crippen molar-refractivity contribution in [1.82, 2.24) is 5.32 Å². The van der Waals surface area contributed by atoms with E-state index in [0.717, 1.165) is 0 Å². The van der Waals surface area contributed by atoms with Crippen LogP contribution in [0.1, 0.15) is 13.8 Å². The fraction of sp³-hybridized carbons (Fsp3) is 0.400. The molecule has 1 heterocycles. The zero-order chi connectivity index (χ0) is 17.9. The van der Waals surface area contributed by atoms with Gasteiger partial charge in [0.1, 0.15) is 5.92 Å². The number of benzene rings is 1. The molecule has 0 aromatic heterocycles. The normalized spacial score (nSPS) is 19.0. The molecule has 2 atom stereocenters. The van der Waals surface area contributed by atoms with Crippen molar-refractivity contribution in [1.29, 1.82) is 0 Å². The number of hydrogen-bond acceptors (Lipinski definition) is 4. The molecule has 0 aliphatic carbocycles. The van der Waals surface area contributed by atoms with Crippen LogP contribution in [0.15, 0.2) is 35.4 Å². The second kappa shape index (κ2) is 7.59. The molecule has 9 heteroatoms. The highest BCUT2D eigenvalue weighted by Crippen LogP contribution is 2.38. The number of alkyl halides is 3. The molecule has 24 heavy (non-hydrogen) atoms. The highest BCUT2D eigenvalue weighted by atomic mass is 35.6. The van der Waals surface area contributed by atoms with Gasteiger partial charge < -0.3 is 10.1 Å². The van der Waals surface area contributed by atoms with E-state index < -0.39 is 27.8 Å². The number of carbonyl (C=O) groups is 2. The molecule has 2 amide bonds. The van der Waals surface area contributed by atoms with Gasteiger partial charge in [-0.3, -0.25) is 4.79 Å². The first kappa shape index (κ1) is 18.8. The Bertz CT molecular complexity index is 646. The summed E-state index contributed by atoms with van der Waals surface area (Å²) < 4.78 is 2.90. The van der Waals surface area contributed by atoms with Crippen LogP contribution in [0.2, 0.25) is 0 Å². The van der Waals surface area contributed by atoms with Crippen LogP contribution in [-0.4, -0.2) is 34.2 Å². The van der Waals surface area contributed by atoms with Gasteiger partial charge in [-0.05, 0) is 26.0 Å². The van der Waals surface area contributed by atoms with Crippen LogP contribution in [0.25, 0.3) is 0 Å². The number of amides is 2. The van der Waals surface area contributed by atoms with Crippen molar-refractivity contribution < 1.29 is 14.3 Å². The van der Waals surface area contributed by atoms with Crippen molar-refractivity contribution in [2.75, 3.05) is 11.6 Å². The van der Waals surface area contributed by atoms with Crippen molar-refractivity contribution in [3.8, 4) is 0 Å². The number of hydrogen-bond donors (Lipinski definition) is 1. The van der Waals surface area contributed by atoms with E-state index in [4.69, 9.17) is 39.5 Å². The number of halogens is 3. The second-order valence-corrected chi connectivity index (χ2v) is 7.46. The summed E-state index contributed by atoms with van der Waals surface area (Å²) in [6.07, 6.45) is -0.771. The first-order valence-corrected chi connectivity index (χ1v) is 8.33. The summed E-state index contributed by atoms with van der Waals surface area (Å²) in [6.45, 7) is 3.44. The largest absolute Gasteiger partial charge is 0.450 e. The molecule has 0 bridgehead atoms. The van der Waals surface area contributed by atoms with Gasteiger partial charge in [-0.15, -0.1) is 0 Å². The van der Waals surface area contributed by atoms with Gasteiger partial charge in [0.2, 0.25) is 3.79 Å². The summed E-state index contributed by atoms with van der Waals surface area (Å²) in [5.74, 6) is -1.31. The summed E-state index contributed by atoms with van der Waals surface area (Å²) >= 11 is 17.9. The number of hydrazone groups is 1. The summed E-state index contributed by atoms with van der Waals surface area (Å²) in [4.78, 5) is 24.5. The van der Waals surface area contributed by atoms with Crippen molar-refractivity contribution in [3.63, 3.8) is 0 Å². The molecule has 1 aliphatic rings.